The summed E-state index contributed by atoms with van der Waals surface area (Å²) in [4.78, 5) is 78.3. The molecule has 0 aromatic heterocycles. The van der Waals surface area contributed by atoms with Gasteiger partial charge in [-0.05, 0) is 37.0 Å². The number of carbonyl (C=O) groups excluding carboxylic acids is 6. The summed E-state index contributed by atoms with van der Waals surface area (Å²) in [6.45, 7) is 0. The molecule has 5 rings (SSSR count). The average Bonchev–Trinajstić information content (AvgIpc) is 3.27. The van der Waals surface area contributed by atoms with Crippen molar-refractivity contribution in [1.29, 1.82) is 0 Å². The van der Waals surface area contributed by atoms with Crippen LogP contribution in [-0.4, -0.2) is 64.9 Å². The van der Waals surface area contributed by atoms with Gasteiger partial charge in [-0.2, -0.15) is 9.80 Å². The number of amides is 6. The highest BCUT2D eigenvalue weighted by Gasteiger charge is 2.64. The van der Waals surface area contributed by atoms with Crippen LogP contribution >= 0.6 is 11.6 Å². The van der Waals surface area contributed by atoms with Gasteiger partial charge in [0.2, 0.25) is 23.6 Å². The van der Waals surface area contributed by atoms with Gasteiger partial charge in [-0.15, -0.1) is 0 Å². The summed E-state index contributed by atoms with van der Waals surface area (Å²) in [6, 6.07) is 4.28. The normalized spacial score (nSPS) is 31.0. The number of hydrogen-bond acceptors (Lipinski definition) is 9. The molecule has 0 radical (unpaired) electrons. The van der Waals surface area contributed by atoms with Gasteiger partial charge in [0, 0.05) is 16.5 Å². The molecule has 11 nitrogen and oxygen atoms in total. The molecule has 2 saturated heterocycles. The average molecular weight is 517 g/mol. The van der Waals surface area contributed by atoms with Gasteiger partial charge in [0.1, 0.15) is 5.75 Å². The van der Waals surface area contributed by atoms with E-state index >= 15 is 0 Å². The number of methoxy groups -OCH3 is 2. The maximum Gasteiger partial charge on any atom is 0.423 e. The standard InChI is InChI=1S/C24H21ClN2O9/c1-35-23(33)26-19(29)11-5-4-10-12(17(11)21(26)31)8-14-18(22(32)27(20(14)30)24(34)36-2)16(10)13-7-9(25)3-6-15(13)28/h3-4,6-7,11-12,14,16-18,28H,5,8H2,1-2H3. The Labute approximate surface area is 209 Å². The smallest absolute Gasteiger partial charge is 0.423 e. The van der Waals surface area contributed by atoms with Crippen LogP contribution in [0, 0.1) is 29.6 Å². The third-order valence-electron chi connectivity index (χ3n) is 7.69. The van der Waals surface area contributed by atoms with E-state index in [0.717, 1.165) is 14.2 Å². The summed E-state index contributed by atoms with van der Waals surface area (Å²) in [6.07, 6.45) is -0.416. The molecule has 1 N–H and O–H groups in total. The van der Waals surface area contributed by atoms with E-state index in [2.05, 4.69) is 9.47 Å². The van der Waals surface area contributed by atoms with Gasteiger partial charge in [0.15, 0.2) is 0 Å². The van der Waals surface area contributed by atoms with Crippen LogP contribution in [0.5, 0.6) is 5.75 Å². The Balaban J connectivity index is 1.66. The van der Waals surface area contributed by atoms with Crippen molar-refractivity contribution < 1.29 is 43.3 Å². The minimum Gasteiger partial charge on any atom is -0.508 e. The fourth-order valence-corrected chi connectivity index (χ4v) is 6.43. The number of hydrogen-bond donors (Lipinski definition) is 1. The van der Waals surface area contributed by atoms with E-state index in [1.807, 2.05) is 0 Å². The Morgan fingerprint density at radius 2 is 1.47 bits per heavy atom. The van der Waals surface area contributed by atoms with Crippen LogP contribution in [0.15, 0.2) is 29.8 Å². The molecular formula is C24H21ClN2O9. The predicted molar refractivity (Wildman–Crippen MR) is 119 cm³/mol. The van der Waals surface area contributed by atoms with Gasteiger partial charge in [-0.1, -0.05) is 23.3 Å². The lowest BCUT2D eigenvalue weighted by atomic mass is 9.57. The maximum atomic E-state index is 13.4. The highest BCUT2D eigenvalue weighted by Crippen LogP contribution is 2.59. The van der Waals surface area contributed by atoms with Gasteiger partial charge >= 0.3 is 12.2 Å². The lowest BCUT2D eigenvalue weighted by Crippen LogP contribution is -2.43. The van der Waals surface area contributed by atoms with Crippen molar-refractivity contribution in [3.8, 4) is 5.75 Å². The summed E-state index contributed by atoms with van der Waals surface area (Å²) in [5, 5.41) is 11.0. The molecule has 6 atom stereocenters. The van der Waals surface area contributed by atoms with Crippen LogP contribution in [0.3, 0.4) is 0 Å². The first-order valence-corrected chi connectivity index (χ1v) is 11.6. The second kappa shape index (κ2) is 8.44. The van der Waals surface area contributed by atoms with Crippen molar-refractivity contribution in [2.75, 3.05) is 14.2 Å². The fraction of sp³-hybridized carbons (Fsp3) is 0.417. The number of halogens is 1. The van der Waals surface area contributed by atoms with E-state index in [-0.39, 0.29) is 29.2 Å². The van der Waals surface area contributed by atoms with E-state index in [0.29, 0.717) is 15.4 Å². The zero-order valence-electron chi connectivity index (χ0n) is 19.2. The quantitative estimate of drug-likeness (QED) is 0.438. The molecule has 3 fully saturated rings. The molecule has 1 saturated carbocycles. The van der Waals surface area contributed by atoms with Crippen molar-refractivity contribution in [1.82, 2.24) is 9.80 Å². The Hall–Kier alpha value is -3.73. The van der Waals surface area contributed by atoms with Gasteiger partial charge in [0.25, 0.3) is 0 Å². The number of allylic oxidation sites excluding steroid dienone is 2. The lowest BCUT2D eigenvalue weighted by molar-refractivity contribution is -0.139. The number of rotatable bonds is 1. The summed E-state index contributed by atoms with van der Waals surface area (Å²) in [7, 11) is 2.10. The third-order valence-corrected chi connectivity index (χ3v) is 7.92. The molecule has 2 aliphatic heterocycles. The molecule has 4 aliphatic rings. The number of ether oxygens (including phenoxy) is 2. The number of phenolic OH excluding ortho intramolecular Hbond substituents is 1. The zero-order valence-corrected chi connectivity index (χ0v) is 19.9. The monoisotopic (exact) mass is 516 g/mol. The number of likely N-dealkylation sites (tertiary alicyclic amines) is 2. The van der Waals surface area contributed by atoms with E-state index in [1.165, 1.54) is 18.2 Å². The molecule has 12 heteroatoms. The third kappa shape index (κ3) is 3.18. The topological polar surface area (TPSA) is 148 Å². The molecule has 2 aliphatic carbocycles. The van der Waals surface area contributed by atoms with Crippen LogP contribution in [0.4, 0.5) is 9.59 Å². The summed E-state index contributed by atoms with van der Waals surface area (Å²) in [5.74, 6) is -8.74. The highest BCUT2D eigenvalue weighted by molar-refractivity contribution is 6.30. The first-order valence-electron chi connectivity index (χ1n) is 11.2. The minimum absolute atomic E-state index is 0.0123. The van der Waals surface area contributed by atoms with Crippen molar-refractivity contribution >= 4 is 47.4 Å². The lowest BCUT2D eigenvalue weighted by Gasteiger charge is -2.44. The SMILES string of the molecule is COC(=O)N1C(=O)C2CC=C3C(CC4C(=O)N(C(=O)OC)C(=O)C4C3c3cc(Cl)ccc3O)C2C1=O. The summed E-state index contributed by atoms with van der Waals surface area (Å²) in [5.41, 5.74) is 0.817. The van der Waals surface area contributed by atoms with Crippen molar-refractivity contribution in [3.63, 3.8) is 0 Å². The summed E-state index contributed by atoms with van der Waals surface area (Å²) < 4.78 is 9.25. The maximum absolute atomic E-state index is 13.4. The molecule has 2 heterocycles. The Morgan fingerprint density at radius 1 is 0.889 bits per heavy atom. The molecule has 36 heavy (non-hydrogen) atoms. The molecule has 0 spiro atoms. The van der Waals surface area contributed by atoms with Crippen LogP contribution in [0.25, 0.3) is 0 Å². The fourth-order valence-electron chi connectivity index (χ4n) is 6.25. The van der Waals surface area contributed by atoms with Crippen molar-refractivity contribution in [2.24, 2.45) is 29.6 Å². The van der Waals surface area contributed by atoms with Gasteiger partial charge < -0.3 is 14.6 Å². The highest BCUT2D eigenvalue weighted by atomic mass is 35.5. The zero-order chi connectivity index (χ0) is 26.0. The molecule has 6 amide bonds. The van der Waals surface area contributed by atoms with E-state index in [1.54, 1.807) is 6.08 Å². The van der Waals surface area contributed by atoms with Crippen molar-refractivity contribution in [3.05, 3.63) is 40.4 Å². The molecular weight excluding hydrogens is 496 g/mol. The number of benzene rings is 1. The van der Waals surface area contributed by atoms with E-state index < -0.39 is 71.3 Å². The van der Waals surface area contributed by atoms with E-state index in [9.17, 15) is 33.9 Å². The van der Waals surface area contributed by atoms with Crippen LogP contribution < -0.4 is 0 Å². The first-order chi connectivity index (χ1) is 17.1. The Kier molecular flexibility index (Phi) is 5.62. The number of aromatic hydroxyl groups is 1. The number of nitrogens with zero attached hydrogens (tertiary/aromatic N) is 2. The number of carbonyl (C=O) groups is 6. The van der Waals surface area contributed by atoms with Gasteiger partial charge in [-0.3, -0.25) is 19.2 Å². The largest absolute Gasteiger partial charge is 0.508 e. The summed E-state index contributed by atoms with van der Waals surface area (Å²) >= 11 is 6.20. The van der Waals surface area contributed by atoms with Crippen LogP contribution in [-0.2, 0) is 28.7 Å². The number of phenols is 1. The van der Waals surface area contributed by atoms with Crippen molar-refractivity contribution in [2.45, 2.75) is 18.8 Å². The Morgan fingerprint density at radius 3 is 2.08 bits per heavy atom. The Bertz CT molecular complexity index is 1270. The van der Waals surface area contributed by atoms with Crippen LogP contribution in [0.2, 0.25) is 5.02 Å². The first kappa shape index (κ1) is 24.0. The second-order valence-corrected chi connectivity index (χ2v) is 9.63. The molecule has 188 valence electrons. The number of fused-ring (bicyclic) bond motifs is 4. The molecule has 0 bridgehead atoms. The minimum atomic E-state index is -1.13. The van der Waals surface area contributed by atoms with E-state index in [4.69, 9.17) is 11.6 Å². The van der Waals surface area contributed by atoms with Crippen LogP contribution in [0.1, 0.15) is 24.3 Å². The molecule has 6 unspecified atom stereocenters. The molecule has 1 aromatic carbocycles. The second-order valence-electron chi connectivity index (χ2n) is 9.19. The molecule has 1 aromatic rings. The van der Waals surface area contributed by atoms with Gasteiger partial charge in [-0.25, -0.2) is 9.59 Å². The predicted octanol–water partition coefficient (Wildman–Crippen LogP) is 2.21. The number of imide groups is 6. The van der Waals surface area contributed by atoms with Gasteiger partial charge in [0.05, 0.1) is 37.9 Å².